The number of nitrogens with zero attached hydrogens (tertiary/aromatic N) is 2. The Labute approximate surface area is 187 Å². The largest absolute Gasteiger partial charge is 0.387 e. The van der Waals surface area contributed by atoms with Gasteiger partial charge in [-0.3, -0.25) is 4.98 Å². The fourth-order valence-electron chi connectivity index (χ4n) is 3.55. The Bertz CT molecular complexity index is 1090. The molecule has 0 radical (unpaired) electrons. The molecule has 0 fully saturated rings. The molecule has 4 aromatic rings. The highest BCUT2D eigenvalue weighted by molar-refractivity contribution is 7.13. The van der Waals surface area contributed by atoms with Gasteiger partial charge in [-0.1, -0.05) is 60.7 Å². The number of benzene rings is 2. The van der Waals surface area contributed by atoms with Crippen molar-refractivity contribution in [3.8, 4) is 21.8 Å². The summed E-state index contributed by atoms with van der Waals surface area (Å²) in [7, 11) is 0. The molecule has 0 saturated heterocycles. The van der Waals surface area contributed by atoms with Crippen LogP contribution in [0.1, 0.15) is 31.1 Å². The van der Waals surface area contributed by atoms with E-state index in [0.717, 1.165) is 33.8 Å². The van der Waals surface area contributed by atoms with Gasteiger partial charge in [0.1, 0.15) is 5.01 Å². The van der Waals surface area contributed by atoms with Crippen molar-refractivity contribution in [2.75, 3.05) is 6.54 Å². The van der Waals surface area contributed by atoms with E-state index >= 15 is 0 Å². The van der Waals surface area contributed by atoms with Crippen molar-refractivity contribution in [3.63, 3.8) is 0 Å². The average Bonchev–Trinajstić information content (AvgIpc) is 3.29. The van der Waals surface area contributed by atoms with Crippen molar-refractivity contribution in [1.82, 2.24) is 15.3 Å². The summed E-state index contributed by atoms with van der Waals surface area (Å²) >= 11 is 1.67. The highest BCUT2D eigenvalue weighted by Crippen LogP contribution is 2.29. The predicted molar refractivity (Wildman–Crippen MR) is 128 cm³/mol. The molecule has 0 bridgehead atoms. The molecule has 4 nitrogen and oxygen atoms in total. The third-order valence-corrected chi connectivity index (χ3v) is 6.16. The molecule has 2 aromatic heterocycles. The van der Waals surface area contributed by atoms with Crippen molar-refractivity contribution in [2.24, 2.45) is 0 Å². The Morgan fingerprint density at radius 1 is 0.968 bits per heavy atom. The number of pyridine rings is 1. The lowest BCUT2D eigenvalue weighted by atomic mass is 9.93. The van der Waals surface area contributed by atoms with E-state index in [-0.39, 0.29) is 5.54 Å². The molecule has 1 atom stereocenters. The number of nitrogens with one attached hydrogen (secondary N) is 1. The molecule has 2 N–H and O–H groups in total. The standard InChI is InChI=1S/C26H27N3OS/c1-26(2,28-17-24(30)22-9-6-14-27-16-22)15-19-10-12-20(13-11-19)23-18-31-25(29-23)21-7-4-3-5-8-21/h3-14,16,18,24,28,30H,15,17H2,1-2H3/t24-/m0/s1. The summed E-state index contributed by atoms with van der Waals surface area (Å²) in [5, 5.41) is 17.0. The summed E-state index contributed by atoms with van der Waals surface area (Å²) in [5.41, 5.74) is 5.21. The van der Waals surface area contributed by atoms with Crippen LogP contribution in [0.4, 0.5) is 0 Å². The van der Waals surface area contributed by atoms with Crippen LogP contribution in [0, 0.1) is 0 Å². The highest BCUT2D eigenvalue weighted by Gasteiger charge is 2.20. The summed E-state index contributed by atoms with van der Waals surface area (Å²) in [4.78, 5) is 8.88. The number of β-amino-alcohol motifs (C(OH)–C–C–N with tert-alkyl or cyclic N) is 1. The summed E-state index contributed by atoms with van der Waals surface area (Å²) in [6, 6.07) is 22.6. The second-order valence-electron chi connectivity index (χ2n) is 8.34. The molecule has 2 heterocycles. The Morgan fingerprint density at radius 3 is 2.45 bits per heavy atom. The molecule has 158 valence electrons. The molecule has 4 rings (SSSR count). The third kappa shape index (κ3) is 5.64. The zero-order chi connectivity index (χ0) is 21.7. The van der Waals surface area contributed by atoms with E-state index in [1.807, 2.05) is 30.3 Å². The van der Waals surface area contributed by atoms with E-state index in [1.54, 1.807) is 23.7 Å². The van der Waals surface area contributed by atoms with E-state index in [2.05, 4.69) is 65.9 Å². The first kappa shape index (κ1) is 21.4. The summed E-state index contributed by atoms with van der Waals surface area (Å²) in [6.07, 6.45) is 3.71. The third-order valence-electron chi connectivity index (χ3n) is 5.26. The molecule has 0 aliphatic carbocycles. The predicted octanol–water partition coefficient (Wildman–Crippen LogP) is 5.52. The smallest absolute Gasteiger partial charge is 0.124 e. The maximum absolute atomic E-state index is 10.4. The molecule has 5 heteroatoms. The first-order valence-corrected chi connectivity index (χ1v) is 11.3. The van der Waals surface area contributed by atoms with Crippen LogP contribution in [0.25, 0.3) is 21.8 Å². The molecule has 0 saturated carbocycles. The minimum Gasteiger partial charge on any atom is -0.387 e. The minimum atomic E-state index is -0.571. The van der Waals surface area contributed by atoms with Gasteiger partial charge in [-0.25, -0.2) is 4.98 Å². The zero-order valence-electron chi connectivity index (χ0n) is 17.8. The van der Waals surface area contributed by atoms with Gasteiger partial charge in [0.25, 0.3) is 0 Å². The Balaban J connectivity index is 1.37. The van der Waals surface area contributed by atoms with E-state index in [9.17, 15) is 5.11 Å². The number of hydrogen-bond donors (Lipinski definition) is 2. The fraction of sp³-hybridized carbons (Fsp3) is 0.231. The van der Waals surface area contributed by atoms with Gasteiger partial charge in [-0.15, -0.1) is 11.3 Å². The second-order valence-corrected chi connectivity index (χ2v) is 9.20. The Hall–Kier alpha value is -2.86. The lowest BCUT2D eigenvalue weighted by Gasteiger charge is -2.28. The quantitative estimate of drug-likeness (QED) is 0.387. The van der Waals surface area contributed by atoms with Gasteiger partial charge >= 0.3 is 0 Å². The highest BCUT2D eigenvalue weighted by atomic mass is 32.1. The monoisotopic (exact) mass is 429 g/mol. The van der Waals surface area contributed by atoms with Crippen LogP contribution in [0.2, 0.25) is 0 Å². The molecular weight excluding hydrogens is 402 g/mol. The van der Waals surface area contributed by atoms with Crippen molar-refractivity contribution in [1.29, 1.82) is 0 Å². The molecule has 0 spiro atoms. The van der Waals surface area contributed by atoms with Gasteiger partial charge in [-0.2, -0.15) is 0 Å². The maximum atomic E-state index is 10.4. The molecule has 2 aromatic carbocycles. The molecule has 0 aliphatic rings. The van der Waals surface area contributed by atoms with Crippen molar-refractivity contribution >= 4 is 11.3 Å². The lowest BCUT2D eigenvalue weighted by Crippen LogP contribution is -2.43. The van der Waals surface area contributed by atoms with Crippen LogP contribution < -0.4 is 5.32 Å². The van der Waals surface area contributed by atoms with Crippen molar-refractivity contribution in [3.05, 3.63) is 95.6 Å². The summed E-state index contributed by atoms with van der Waals surface area (Å²) in [5.74, 6) is 0. The molecular formula is C26H27N3OS. The van der Waals surface area contributed by atoms with Gasteiger partial charge in [-0.05, 0) is 31.9 Å². The normalized spacial score (nSPS) is 12.6. The van der Waals surface area contributed by atoms with Gasteiger partial charge in [0.2, 0.25) is 0 Å². The van der Waals surface area contributed by atoms with E-state index in [4.69, 9.17) is 4.98 Å². The number of hydrogen-bond acceptors (Lipinski definition) is 5. The molecule has 0 amide bonds. The lowest BCUT2D eigenvalue weighted by molar-refractivity contribution is 0.160. The fourth-order valence-corrected chi connectivity index (χ4v) is 4.38. The van der Waals surface area contributed by atoms with E-state index in [1.165, 1.54) is 5.56 Å². The number of aliphatic hydroxyl groups is 1. The number of thiazole rings is 1. The maximum Gasteiger partial charge on any atom is 0.124 e. The molecule has 0 aliphatic heterocycles. The van der Waals surface area contributed by atoms with E-state index < -0.39 is 6.10 Å². The van der Waals surface area contributed by atoms with Crippen LogP contribution in [-0.4, -0.2) is 27.2 Å². The van der Waals surface area contributed by atoms with Gasteiger partial charge in [0.15, 0.2) is 0 Å². The summed E-state index contributed by atoms with van der Waals surface area (Å²) < 4.78 is 0. The van der Waals surface area contributed by atoms with Gasteiger partial charge < -0.3 is 10.4 Å². The van der Waals surface area contributed by atoms with Gasteiger partial charge in [0.05, 0.1) is 11.8 Å². The molecule has 31 heavy (non-hydrogen) atoms. The second kappa shape index (κ2) is 9.52. The average molecular weight is 430 g/mol. The van der Waals surface area contributed by atoms with Crippen LogP contribution in [0.15, 0.2) is 84.5 Å². The van der Waals surface area contributed by atoms with E-state index in [0.29, 0.717) is 6.54 Å². The van der Waals surface area contributed by atoms with Crippen LogP contribution in [0.3, 0.4) is 0 Å². The van der Waals surface area contributed by atoms with Crippen LogP contribution >= 0.6 is 11.3 Å². The van der Waals surface area contributed by atoms with Crippen LogP contribution in [-0.2, 0) is 6.42 Å². The first-order chi connectivity index (χ1) is 15.0. The minimum absolute atomic E-state index is 0.147. The first-order valence-electron chi connectivity index (χ1n) is 10.4. The number of aliphatic hydroxyl groups excluding tert-OH is 1. The molecule has 0 unspecified atom stereocenters. The number of aromatic nitrogens is 2. The van der Waals surface area contributed by atoms with Crippen molar-refractivity contribution in [2.45, 2.75) is 31.9 Å². The van der Waals surface area contributed by atoms with Gasteiger partial charge in [0, 0.05) is 46.5 Å². The SMILES string of the molecule is CC(C)(Cc1ccc(-c2csc(-c3ccccc3)n2)cc1)NC[C@H](O)c1cccnc1. The summed E-state index contributed by atoms with van der Waals surface area (Å²) in [6.45, 7) is 4.80. The topological polar surface area (TPSA) is 58.0 Å². The Morgan fingerprint density at radius 2 is 1.74 bits per heavy atom. The Kier molecular flexibility index (Phi) is 6.56. The number of rotatable bonds is 8. The zero-order valence-corrected chi connectivity index (χ0v) is 18.6. The van der Waals surface area contributed by atoms with Crippen molar-refractivity contribution < 1.29 is 5.11 Å². The van der Waals surface area contributed by atoms with Crippen LogP contribution in [0.5, 0.6) is 0 Å².